The molecule has 0 spiro atoms. The number of hydrogen-bond acceptors (Lipinski definition) is 3. The van der Waals surface area contributed by atoms with E-state index in [1.54, 1.807) is 6.07 Å². The zero-order valence-corrected chi connectivity index (χ0v) is 8.04. The zero-order chi connectivity index (χ0) is 10.1. The number of benzene rings is 1. The van der Waals surface area contributed by atoms with Gasteiger partial charge in [0.2, 0.25) is 0 Å². The van der Waals surface area contributed by atoms with Crippen LogP contribution in [0.3, 0.4) is 0 Å². The zero-order valence-electron chi connectivity index (χ0n) is 8.04. The molecule has 1 heterocycles. The summed E-state index contributed by atoms with van der Waals surface area (Å²) in [7, 11) is 0. The Hall–Kier alpha value is -1.58. The van der Waals surface area contributed by atoms with Crippen molar-refractivity contribution < 1.29 is 8.81 Å². The Bertz CT molecular complexity index is 450. The van der Waals surface area contributed by atoms with Crippen molar-refractivity contribution in [3.05, 3.63) is 24.0 Å². The van der Waals surface area contributed by atoms with E-state index in [1.165, 1.54) is 12.1 Å². The maximum atomic E-state index is 12.8. The molecule has 74 valence electrons. The maximum Gasteiger partial charge on any atom is 0.295 e. The molecular weight excluding hydrogens is 183 g/mol. The van der Waals surface area contributed by atoms with Gasteiger partial charge in [-0.05, 0) is 26.0 Å². The first-order chi connectivity index (χ1) is 6.65. The van der Waals surface area contributed by atoms with Gasteiger partial charge in [0.05, 0.1) is 0 Å². The Balaban J connectivity index is 2.41. The van der Waals surface area contributed by atoms with Crippen LogP contribution in [0.25, 0.3) is 11.1 Å². The van der Waals surface area contributed by atoms with Gasteiger partial charge >= 0.3 is 0 Å². The van der Waals surface area contributed by atoms with Crippen LogP contribution in [0.2, 0.25) is 0 Å². The summed E-state index contributed by atoms with van der Waals surface area (Å²) in [6.07, 6.45) is 0. The molecule has 0 amide bonds. The van der Waals surface area contributed by atoms with E-state index in [2.05, 4.69) is 10.3 Å². The molecule has 2 aromatic rings. The summed E-state index contributed by atoms with van der Waals surface area (Å²) in [5, 5.41) is 3.01. The van der Waals surface area contributed by atoms with Gasteiger partial charge in [-0.15, -0.1) is 0 Å². The number of rotatable bonds is 2. The highest BCUT2D eigenvalue weighted by Crippen LogP contribution is 2.19. The number of hydrogen-bond donors (Lipinski definition) is 1. The molecular formula is C10H11FN2O. The SMILES string of the molecule is CC(C)Nc1nc2ccc(F)cc2o1. The average molecular weight is 194 g/mol. The van der Waals surface area contributed by atoms with Crippen LogP contribution in [0.15, 0.2) is 22.6 Å². The van der Waals surface area contributed by atoms with Gasteiger partial charge < -0.3 is 9.73 Å². The summed E-state index contributed by atoms with van der Waals surface area (Å²) in [6, 6.07) is 4.96. The van der Waals surface area contributed by atoms with Gasteiger partial charge in [0.15, 0.2) is 5.58 Å². The highest BCUT2D eigenvalue weighted by molar-refractivity contribution is 5.74. The van der Waals surface area contributed by atoms with Gasteiger partial charge in [0.25, 0.3) is 6.01 Å². The molecule has 0 fully saturated rings. The number of halogens is 1. The third-order valence-electron chi connectivity index (χ3n) is 1.76. The molecule has 0 aliphatic rings. The smallest absolute Gasteiger partial charge is 0.295 e. The Kier molecular flexibility index (Phi) is 2.11. The second-order valence-electron chi connectivity index (χ2n) is 3.43. The fourth-order valence-corrected chi connectivity index (χ4v) is 1.21. The maximum absolute atomic E-state index is 12.8. The van der Waals surface area contributed by atoms with E-state index >= 15 is 0 Å². The second-order valence-corrected chi connectivity index (χ2v) is 3.43. The Morgan fingerprint density at radius 2 is 2.21 bits per heavy atom. The van der Waals surface area contributed by atoms with Crippen molar-refractivity contribution >= 4 is 17.1 Å². The van der Waals surface area contributed by atoms with Crippen LogP contribution in [0.1, 0.15) is 13.8 Å². The molecule has 0 radical (unpaired) electrons. The lowest BCUT2D eigenvalue weighted by Crippen LogP contribution is -2.09. The summed E-state index contributed by atoms with van der Waals surface area (Å²) in [4.78, 5) is 4.15. The fraction of sp³-hybridized carbons (Fsp3) is 0.300. The van der Waals surface area contributed by atoms with Crippen LogP contribution in [0.5, 0.6) is 0 Å². The van der Waals surface area contributed by atoms with Crippen LogP contribution in [-0.4, -0.2) is 11.0 Å². The lowest BCUT2D eigenvalue weighted by atomic mass is 10.3. The quantitative estimate of drug-likeness (QED) is 0.798. The fourth-order valence-electron chi connectivity index (χ4n) is 1.21. The molecule has 1 N–H and O–H groups in total. The van der Waals surface area contributed by atoms with Crippen LogP contribution >= 0.6 is 0 Å². The molecule has 4 heteroatoms. The van der Waals surface area contributed by atoms with Crippen LogP contribution in [-0.2, 0) is 0 Å². The van der Waals surface area contributed by atoms with E-state index in [9.17, 15) is 4.39 Å². The van der Waals surface area contributed by atoms with Gasteiger partial charge in [-0.1, -0.05) is 0 Å². The normalized spacial score (nSPS) is 11.1. The standard InChI is InChI=1S/C10H11FN2O/c1-6(2)12-10-13-8-4-3-7(11)5-9(8)14-10/h3-6H,1-2H3,(H,12,13). The predicted octanol–water partition coefficient (Wildman–Crippen LogP) is 2.79. The minimum Gasteiger partial charge on any atom is -0.423 e. The molecule has 2 rings (SSSR count). The van der Waals surface area contributed by atoms with Crippen molar-refractivity contribution in [3.8, 4) is 0 Å². The Morgan fingerprint density at radius 3 is 2.93 bits per heavy atom. The van der Waals surface area contributed by atoms with Crippen LogP contribution < -0.4 is 5.32 Å². The van der Waals surface area contributed by atoms with Gasteiger partial charge in [0, 0.05) is 12.1 Å². The van der Waals surface area contributed by atoms with E-state index in [0.717, 1.165) is 0 Å². The number of fused-ring (bicyclic) bond motifs is 1. The first-order valence-corrected chi connectivity index (χ1v) is 4.48. The number of nitrogens with zero attached hydrogens (tertiary/aromatic N) is 1. The summed E-state index contributed by atoms with van der Waals surface area (Å²) < 4.78 is 18.1. The highest BCUT2D eigenvalue weighted by atomic mass is 19.1. The van der Waals surface area contributed by atoms with Crippen molar-refractivity contribution in [2.24, 2.45) is 0 Å². The minimum atomic E-state index is -0.315. The molecule has 3 nitrogen and oxygen atoms in total. The topological polar surface area (TPSA) is 38.1 Å². The average Bonchev–Trinajstić information content (AvgIpc) is 2.44. The lowest BCUT2D eigenvalue weighted by molar-refractivity contribution is 0.594. The third kappa shape index (κ3) is 1.69. The molecule has 0 unspecified atom stereocenters. The predicted molar refractivity (Wildman–Crippen MR) is 52.7 cm³/mol. The summed E-state index contributed by atoms with van der Waals surface area (Å²) in [5.74, 6) is -0.315. The largest absolute Gasteiger partial charge is 0.423 e. The van der Waals surface area contributed by atoms with E-state index < -0.39 is 0 Å². The molecule has 0 atom stereocenters. The number of oxazole rings is 1. The second kappa shape index (κ2) is 3.29. The molecule has 0 aliphatic heterocycles. The van der Waals surface area contributed by atoms with Gasteiger partial charge in [0.1, 0.15) is 11.3 Å². The van der Waals surface area contributed by atoms with E-state index in [4.69, 9.17) is 4.42 Å². The van der Waals surface area contributed by atoms with Crippen molar-refractivity contribution in [1.82, 2.24) is 4.98 Å². The van der Waals surface area contributed by atoms with Gasteiger partial charge in [-0.2, -0.15) is 4.98 Å². The highest BCUT2D eigenvalue weighted by Gasteiger charge is 2.06. The Labute approximate surface area is 80.9 Å². The number of anilines is 1. The Morgan fingerprint density at radius 1 is 1.43 bits per heavy atom. The molecule has 0 aliphatic carbocycles. The first kappa shape index (κ1) is 8.99. The van der Waals surface area contributed by atoms with Crippen molar-refractivity contribution in [2.75, 3.05) is 5.32 Å². The van der Waals surface area contributed by atoms with Crippen molar-refractivity contribution in [2.45, 2.75) is 19.9 Å². The minimum absolute atomic E-state index is 0.243. The third-order valence-corrected chi connectivity index (χ3v) is 1.76. The molecule has 14 heavy (non-hydrogen) atoms. The monoisotopic (exact) mass is 194 g/mol. The first-order valence-electron chi connectivity index (χ1n) is 4.48. The molecule has 0 bridgehead atoms. The molecule has 1 aromatic carbocycles. The number of aromatic nitrogens is 1. The van der Waals surface area contributed by atoms with Crippen LogP contribution in [0.4, 0.5) is 10.4 Å². The molecule has 0 saturated heterocycles. The van der Waals surface area contributed by atoms with E-state index in [1.807, 2.05) is 13.8 Å². The van der Waals surface area contributed by atoms with Crippen molar-refractivity contribution in [1.29, 1.82) is 0 Å². The number of nitrogens with one attached hydrogen (secondary N) is 1. The summed E-state index contributed by atoms with van der Waals surface area (Å²) in [6.45, 7) is 3.96. The molecule has 0 saturated carbocycles. The molecule has 1 aromatic heterocycles. The van der Waals surface area contributed by atoms with Gasteiger partial charge in [-0.3, -0.25) is 0 Å². The van der Waals surface area contributed by atoms with Crippen molar-refractivity contribution in [3.63, 3.8) is 0 Å². The summed E-state index contributed by atoms with van der Waals surface area (Å²) >= 11 is 0. The van der Waals surface area contributed by atoms with Gasteiger partial charge in [-0.25, -0.2) is 4.39 Å². The summed E-state index contributed by atoms with van der Waals surface area (Å²) in [5.41, 5.74) is 1.13. The lowest BCUT2D eigenvalue weighted by Gasteiger charge is -2.02. The van der Waals surface area contributed by atoms with E-state index in [0.29, 0.717) is 17.1 Å². The van der Waals surface area contributed by atoms with Crippen LogP contribution in [0, 0.1) is 5.82 Å². The van der Waals surface area contributed by atoms with E-state index in [-0.39, 0.29) is 11.9 Å².